The zero-order valence-electron chi connectivity index (χ0n) is 18.9. The van der Waals surface area contributed by atoms with Gasteiger partial charge in [0.1, 0.15) is 0 Å². The van der Waals surface area contributed by atoms with E-state index in [0.29, 0.717) is 20.6 Å². The van der Waals surface area contributed by atoms with Crippen molar-refractivity contribution in [1.82, 2.24) is 0 Å². The van der Waals surface area contributed by atoms with Crippen LogP contribution in [-0.4, -0.2) is 29.4 Å². The predicted octanol–water partition coefficient (Wildman–Crippen LogP) is 6.63. The molecule has 12 heteroatoms. The zero-order valence-corrected chi connectivity index (χ0v) is 22.0. The summed E-state index contributed by atoms with van der Waals surface area (Å²) < 4.78 is 16.8. The molecule has 1 aliphatic rings. The Bertz CT molecular complexity index is 1490. The van der Waals surface area contributed by atoms with E-state index >= 15 is 0 Å². The molecule has 0 unspecified atom stereocenters. The number of nitro groups is 1. The van der Waals surface area contributed by atoms with E-state index < -0.39 is 16.9 Å². The molecule has 0 N–H and O–H groups in total. The number of hydrogen-bond acceptors (Lipinski definition) is 8. The van der Waals surface area contributed by atoms with Crippen molar-refractivity contribution in [3.05, 3.63) is 102 Å². The predicted molar refractivity (Wildman–Crippen MR) is 140 cm³/mol. The number of hydrogen-bond donors (Lipinski definition) is 0. The molecule has 0 amide bonds. The number of cyclic esters (lactones) is 1. The van der Waals surface area contributed by atoms with Crippen molar-refractivity contribution in [2.75, 3.05) is 6.61 Å². The lowest BCUT2D eigenvalue weighted by molar-refractivity contribution is -0.384. The minimum Gasteiger partial charge on any atom is -0.490 e. The zero-order chi connectivity index (χ0) is 26.7. The van der Waals surface area contributed by atoms with Gasteiger partial charge in [0.25, 0.3) is 5.69 Å². The smallest absolute Gasteiger partial charge is 0.363 e. The van der Waals surface area contributed by atoms with Crippen LogP contribution in [0.2, 0.25) is 10.0 Å². The van der Waals surface area contributed by atoms with Crippen LogP contribution in [0, 0.1) is 10.1 Å². The third-order valence-corrected chi connectivity index (χ3v) is 6.09. The first-order valence-electron chi connectivity index (χ1n) is 10.6. The number of halogens is 3. The number of carbonyl (C=O) groups is 2. The molecular formula is C25H15BrCl2N2O7. The summed E-state index contributed by atoms with van der Waals surface area (Å²) in [5.74, 6) is -1.17. The minimum atomic E-state index is -0.773. The molecule has 3 aromatic rings. The van der Waals surface area contributed by atoms with Crippen LogP contribution in [0.1, 0.15) is 28.4 Å². The Morgan fingerprint density at radius 3 is 2.57 bits per heavy atom. The Morgan fingerprint density at radius 1 is 1.16 bits per heavy atom. The second-order valence-electron chi connectivity index (χ2n) is 7.42. The average Bonchev–Trinajstić information content (AvgIpc) is 3.21. The summed E-state index contributed by atoms with van der Waals surface area (Å²) in [6.07, 6.45) is 1.43. The molecule has 1 heterocycles. The van der Waals surface area contributed by atoms with Gasteiger partial charge in [0.05, 0.1) is 32.2 Å². The monoisotopic (exact) mass is 604 g/mol. The highest BCUT2D eigenvalue weighted by molar-refractivity contribution is 9.10. The Labute approximate surface area is 228 Å². The first-order chi connectivity index (χ1) is 17.7. The summed E-state index contributed by atoms with van der Waals surface area (Å²) in [6.45, 7) is 2.03. The van der Waals surface area contributed by atoms with E-state index in [1.807, 2.05) is 0 Å². The fourth-order valence-electron chi connectivity index (χ4n) is 3.24. The molecule has 0 aliphatic carbocycles. The summed E-state index contributed by atoms with van der Waals surface area (Å²) in [7, 11) is 0. The first-order valence-corrected chi connectivity index (χ1v) is 12.1. The molecule has 0 saturated heterocycles. The van der Waals surface area contributed by atoms with Gasteiger partial charge >= 0.3 is 11.9 Å². The number of nitro benzene ring substituents is 1. The maximum Gasteiger partial charge on any atom is 0.363 e. The largest absolute Gasteiger partial charge is 0.490 e. The van der Waals surface area contributed by atoms with E-state index in [2.05, 4.69) is 20.9 Å². The number of carbonyl (C=O) groups excluding carboxylic acids is 2. The van der Waals surface area contributed by atoms with E-state index in [1.165, 1.54) is 36.4 Å². The maximum atomic E-state index is 12.6. The molecule has 0 fully saturated rings. The molecule has 4 rings (SSSR count). The summed E-state index contributed by atoms with van der Waals surface area (Å²) in [5.41, 5.74) is 0.569. The van der Waals surface area contributed by atoms with Crippen LogP contribution in [-0.2, 0) is 9.53 Å². The van der Waals surface area contributed by atoms with Gasteiger partial charge in [-0.25, -0.2) is 14.6 Å². The third kappa shape index (κ3) is 5.99. The van der Waals surface area contributed by atoms with Crippen molar-refractivity contribution < 1.29 is 28.7 Å². The molecule has 188 valence electrons. The van der Waals surface area contributed by atoms with Gasteiger partial charge in [-0.1, -0.05) is 23.2 Å². The molecular weight excluding hydrogens is 591 g/mol. The lowest BCUT2D eigenvalue weighted by atomic mass is 10.1. The van der Waals surface area contributed by atoms with Crippen molar-refractivity contribution in [1.29, 1.82) is 0 Å². The molecule has 37 heavy (non-hydrogen) atoms. The molecule has 9 nitrogen and oxygen atoms in total. The SMILES string of the molecule is CCOc1cc(/C=C2\N=C(c3cc([N+](=O)[O-])ccc3Cl)OC2=O)cc(Br)c1OC(=O)c1ccc(Cl)cc1. The van der Waals surface area contributed by atoms with Gasteiger partial charge in [-0.2, -0.15) is 0 Å². The Morgan fingerprint density at radius 2 is 1.89 bits per heavy atom. The van der Waals surface area contributed by atoms with Crippen LogP contribution >= 0.6 is 39.1 Å². The van der Waals surface area contributed by atoms with Gasteiger partial charge in [0.2, 0.25) is 5.90 Å². The number of ether oxygens (including phenoxy) is 3. The van der Waals surface area contributed by atoms with Crippen molar-refractivity contribution >= 4 is 68.7 Å². The fraction of sp³-hybridized carbons (Fsp3) is 0.0800. The summed E-state index contributed by atoms with van der Waals surface area (Å²) in [5, 5.41) is 11.7. The Kier molecular flexibility index (Phi) is 7.91. The van der Waals surface area contributed by atoms with Crippen molar-refractivity contribution in [3.8, 4) is 11.5 Å². The molecule has 0 aromatic heterocycles. The quantitative estimate of drug-likeness (QED) is 0.0975. The van der Waals surface area contributed by atoms with Gasteiger partial charge in [-0.15, -0.1) is 0 Å². The van der Waals surface area contributed by atoms with E-state index in [0.717, 1.165) is 0 Å². The topological polar surface area (TPSA) is 117 Å². The third-order valence-electron chi connectivity index (χ3n) is 4.92. The summed E-state index contributed by atoms with van der Waals surface area (Å²) in [6, 6.07) is 13.1. The van der Waals surface area contributed by atoms with Gasteiger partial charge in [0.15, 0.2) is 17.2 Å². The standard InChI is InChI=1S/C25H15BrCl2N2O7/c1-2-35-21-11-13(9-18(26)22(21)36-24(31)14-3-5-15(27)6-4-14)10-20-25(32)37-23(29-20)17-12-16(30(33)34)7-8-19(17)28/h3-12H,2H2,1H3/b20-10-. The van der Waals surface area contributed by atoms with E-state index in [4.69, 9.17) is 37.4 Å². The summed E-state index contributed by atoms with van der Waals surface area (Å²) in [4.78, 5) is 39.8. The molecule has 0 spiro atoms. The number of rotatable bonds is 7. The van der Waals surface area contributed by atoms with Crippen LogP contribution in [0.3, 0.4) is 0 Å². The molecule has 0 saturated carbocycles. The first kappa shape index (κ1) is 26.3. The maximum absolute atomic E-state index is 12.6. The number of benzene rings is 3. The van der Waals surface area contributed by atoms with Crippen LogP contribution < -0.4 is 9.47 Å². The number of aliphatic imine (C=N–C) groups is 1. The van der Waals surface area contributed by atoms with Gasteiger partial charge in [-0.05, 0) is 77.0 Å². The lowest BCUT2D eigenvalue weighted by Gasteiger charge is -2.13. The van der Waals surface area contributed by atoms with Crippen molar-refractivity contribution in [2.45, 2.75) is 6.92 Å². The van der Waals surface area contributed by atoms with Crippen LogP contribution in [0.4, 0.5) is 5.69 Å². The second kappa shape index (κ2) is 11.1. The van der Waals surface area contributed by atoms with E-state index in [-0.39, 0.29) is 46.0 Å². The molecule has 3 aromatic carbocycles. The molecule has 0 atom stereocenters. The molecule has 0 bridgehead atoms. The highest BCUT2D eigenvalue weighted by Gasteiger charge is 2.27. The number of esters is 2. The second-order valence-corrected chi connectivity index (χ2v) is 9.11. The lowest BCUT2D eigenvalue weighted by Crippen LogP contribution is -2.10. The molecule has 0 radical (unpaired) electrons. The molecule has 1 aliphatic heterocycles. The average molecular weight is 606 g/mol. The van der Waals surface area contributed by atoms with E-state index in [1.54, 1.807) is 31.2 Å². The van der Waals surface area contributed by atoms with Gasteiger partial charge in [-0.3, -0.25) is 10.1 Å². The minimum absolute atomic E-state index is 0.0715. The van der Waals surface area contributed by atoms with Crippen molar-refractivity contribution in [2.24, 2.45) is 4.99 Å². The van der Waals surface area contributed by atoms with Crippen LogP contribution in [0.15, 0.2) is 69.8 Å². The number of non-ortho nitro benzene ring substituents is 1. The Hall–Kier alpha value is -3.73. The fourth-order valence-corrected chi connectivity index (χ4v) is 4.11. The van der Waals surface area contributed by atoms with Gasteiger partial charge < -0.3 is 14.2 Å². The normalized spacial score (nSPS) is 13.8. The van der Waals surface area contributed by atoms with Gasteiger partial charge in [0, 0.05) is 17.2 Å². The highest BCUT2D eigenvalue weighted by atomic mass is 79.9. The Balaban J connectivity index is 1.66. The van der Waals surface area contributed by atoms with Crippen LogP contribution in [0.5, 0.6) is 11.5 Å². The number of nitrogens with zero attached hydrogens (tertiary/aromatic N) is 2. The van der Waals surface area contributed by atoms with E-state index in [9.17, 15) is 19.7 Å². The van der Waals surface area contributed by atoms with Crippen molar-refractivity contribution in [3.63, 3.8) is 0 Å². The van der Waals surface area contributed by atoms with Crippen LogP contribution in [0.25, 0.3) is 6.08 Å². The summed E-state index contributed by atoms with van der Waals surface area (Å²) >= 11 is 15.4. The highest BCUT2D eigenvalue weighted by Crippen LogP contribution is 2.38.